The smallest absolute Gasteiger partial charge is 0.326 e. The van der Waals surface area contributed by atoms with E-state index in [1.54, 1.807) is 0 Å². The van der Waals surface area contributed by atoms with E-state index in [1.807, 2.05) is 0 Å². The van der Waals surface area contributed by atoms with Crippen molar-refractivity contribution in [3.05, 3.63) is 48.0 Å². The predicted molar refractivity (Wildman–Crippen MR) is 145 cm³/mol. The second-order valence-electron chi connectivity index (χ2n) is 9.50. The molecule has 41 heavy (non-hydrogen) atoms. The molecular formula is C26H37N7O8. The van der Waals surface area contributed by atoms with Crippen LogP contribution in [0.15, 0.2) is 36.8 Å². The zero-order valence-electron chi connectivity index (χ0n) is 22.4. The first-order chi connectivity index (χ1) is 19.5. The highest BCUT2D eigenvalue weighted by Crippen LogP contribution is 2.12. The lowest BCUT2D eigenvalue weighted by Crippen LogP contribution is -2.57. The van der Waals surface area contributed by atoms with Gasteiger partial charge in [-0.05, 0) is 49.9 Å². The zero-order valence-corrected chi connectivity index (χ0v) is 22.4. The number of hydrogen-bond acceptors (Lipinski definition) is 9. The summed E-state index contributed by atoms with van der Waals surface area (Å²) in [5, 5.41) is 35.6. The van der Waals surface area contributed by atoms with Gasteiger partial charge < -0.3 is 47.7 Å². The Morgan fingerprint density at radius 1 is 0.854 bits per heavy atom. The summed E-state index contributed by atoms with van der Waals surface area (Å²) in [7, 11) is 0. The monoisotopic (exact) mass is 575 g/mol. The number of H-pyrrole nitrogens is 1. The number of nitrogens with one attached hydrogen (secondary N) is 4. The molecule has 0 saturated heterocycles. The third-order valence-corrected chi connectivity index (χ3v) is 6.18. The van der Waals surface area contributed by atoms with Crippen LogP contribution in [-0.4, -0.2) is 85.7 Å². The Labute approximate surface area is 236 Å². The zero-order chi connectivity index (χ0) is 30.4. The molecule has 1 aromatic carbocycles. The summed E-state index contributed by atoms with van der Waals surface area (Å²) in [6, 6.07) is 0.777. The Bertz CT molecular complexity index is 1160. The van der Waals surface area contributed by atoms with Crippen molar-refractivity contribution in [2.45, 2.75) is 69.1 Å². The molecular weight excluding hydrogens is 538 g/mol. The minimum atomic E-state index is -1.41. The Morgan fingerprint density at radius 3 is 2.02 bits per heavy atom. The largest absolute Gasteiger partial charge is 0.508 e. The maximum absolute atomic E-state index is 13.2. The molecule has 2 rings (SSSR count). The van der Waals surface area contributed by atoms with Gasteiger partial charge in [-0.15, -0.1) is 0 Å². The number of carboxylic acids is 2. The first kappa shape index (κ1) is 32.7. The van der Waals surface area contributed by atoms with Crippen molar-refractivity contribution in [3.8, 4) is 5.75 Å². The molecule has 0 aliphatic heterocycles. The highest BCUT2D eigenvalue weighted by molar-refractivity contribution is 5.94. The number of benzene rings is 1. The Balaban J connectivity index is 2.15. The van der Waals surface area contributed by atoms with E-state index < -0.39 is 60.2 Å². The maximum atomic E-state index is 13.2. The molecule has 4 unspecified atom stereocenters. The molecule has 0 aliphatic carbocycles. The number of carboxylic acid groups (broad SMARTS) is 2. The molecule has 11 N–H and O–H groups in total. The van der Waals surface area contributed by atoms with E-state index in [2.05, 4.69) is 25.9 Å². The van der Waals surface area contributed by atoms with E-state index in [-0.39, 0.29) is 31.4 Å². The summed E-state index contributed by atoms with van der Waals surface area (Å²) >= 11 is 0. The van der Waals surface area contributed by atoms with Crippen molar-refractivity contribution in [2.24, 2.45) is 11.5 Å². The molecule has 224 valence electrons. The van der Waals surface area contributed by atoms with Gasteiger partial charge in [-0.1, -0.05) is 12.1 Å². The van der Waals surface area contributed by atoms with Crippen LogP contribution in [0.25, 0.3) is 0 Å². The van der Waals surface area contributed by atoms with E-state index in [1.165, 1.54) is 36.8 Å². The number of carbonyl (C=O) groups is 5. The number of phenolic OH excluding ortho intramolecular Hbond substituents is 1. The first-order valence-corrected chi connectivity index (χ1v) is 13.1. The van der Waals surface area contributed by atoms with E-state index in [4.69, 9.17) is 16.6 Å². The van der Waals surface area contributed by atoms with Crippen LogP contribution >= 0.6 is 0 Å². The number of unbranched alkanes of at least 4 members (excludes halogenated alkanes) is 1. The average molecular weight is 576 g/mol. The van der Waals surface area contributed by atoms with Gasteiger partial charge in [-0.2, -0.15) is 0 Å². The Morgan fingerprint density at radius 2 is 1.46 bits per heavy atom. The molecule has 4 atom stereocenters. The molecule has 0 spiro atoms. The molecule has 15 nitrogen and oxygen atoms in total. The number of rotatable bonds is 18. The molecule has 1 heterocycles. The fourth-order valence-electron chi connectivity index (χ4n) is 3.92. The predicted octanol–water partition coefficient (Wildman–Crippen LogP) is -1.24. The number of aromatic amines is 1. The highest BCUT2D eigenvalue weighted by Gasteiger charge is 2.30. The molecule has 0 fully saturated rings. The molecule has 0 aliphatic rings. The number of amides is 3. The number of hydrogen-bond donors (Lipinski definition) is 9. The molecule has 0 saturated carbocycles. The Kier molecular flexibility index (Phi) is 13.2. The fourth-order valence-corrected chi connectivity index (χ4v) is 3.92. The normalized spacial score (nSPS) is 13.8. The van der Waals surface area contributed by atoms with Crippen LogP contribution in [0.3, 0.4) is 0 Å². The van der Waals surface area contributed by atoms with Crippen LogP contribution < -0.4 is 27.4 Å². The fraction of sp³-hybridized carbons (Fsp3) is 0.462. The summed E-state index contributed by atoms with van der Waals surface area (Å²) in [6.45, 7) is 0.350. The number of aromatic hydroxyl groups is 1. The van der Waals surface area contributed by atoms with Crippen molar-refractivity contribution >= 4 is 29.7 Å². The van der Waals surface area contributed by atoms with E-state index in [0.717, 1.165) is 0 Å². The molecule has 0 bridgehead atoms. The third-order valence-electron chi connectivity index (χ3n) is 6.18. The van der Waals surface area contributed by atoms with Crippen LogP contribution in [0.4, 0.5) is 0 Å². The van der Waals surface area contributed by atoms with Gasteiger partial charge in [0.15, 0.2) is 0 Å². The van der Waals surface area contributed by atoms with Gasteiger partial charge in [0, 0.05) is 31.2 Å². The average Bonchev–Trinajstić information content (AvgIpc) is 3.43. The lowest BCUT2D eigenvalue weighted by atomic mass is 10.0. The van der Waals surface area contributed by atoms with Gasteiger partial charge in [0.2, 0.25) is 17.7 Å². The lowest BCUT2D eigenvalue weighted by Gasteiger charge is -2.25. The van der Waals surface area contributed by atoms with Crippen molar-refractivity contribution in [3.63, 3.8) is 0 Å². The van der Waals surface area contributed by atoms with Crippen molar-refractivity contribution < 1.29 is 39.3 Å². The first-order valence-electron chi connectivity index (χ1n) is 13.1. The topological polar surface area (TPSA) is 263 Å². The number of carbonyl (C=O) groups excluding carboxylic acids is 3. The number of nitrogens with zero attached hydrogens (tertiary/aromatic N) is 1. The van der Waals surface area contributed by atoms with Crippen LogP contribution in [-0.2, 0) is 36.8 Å². The van der Waals surface area contributed by atoms with Gasteiger partial charge in [0.05, 0.1) is 12.4 Å². The van der Waals surface area contributed by atoms with Gasteiger partial charge in [0.25, 0.3) is 0 Å². The maximum Gasteiger partial charge on any atom is 0.326 e. The molecule has 2 aromatic rings. The minimum absolute atomic E-state index is 0.0171. The van der Waals surface area contributed by atoms with E-state index in [0.29, 0.717) is 30.6 Å². The van der Waals surface area contributed by atoms with Crippen LogP contribution in [0.1, 0.15) is 43.4 Å². The molecule has 3 amide bonds. The molecule has 15 heteroatoms. The number of imidazole rings is 1. The number of aliphatic carboxylic acids is 2. The standard InChI is InChI=1S/C26H37N7O8/c27-10-2-1-3-19(31-23(37)18(28)12-16-13-29-14-30-16)24(38)32-20(8-9-22(35)36)25(39)33-21(26(40)41)11-15-4-6-17(34)7-5-15/h4-7,13-14,18-21,34H,1-3,8-12,27-28H2,(H,29,30)(H,31,37)(H,32,38)(H,33,39)(H,35,36)(H,40,41). The number of nitrogens with two attached hydrogens (primary N) is 2. The summed E-state index contributed by atoms with van der Waals surface area (Å²) < 4.78 is 0. The SMILES string of the molecule is NCCCCC(NC(=O)C(N)Cc1cnc[nH]1)C(=O)NC(CCC(=O)O)C(=O)NC(Cc1ccc(O)cc1)C(=O)O. The molecule has 0 radical (unpaired) electrons. The van der Waals surface area contributed by atoms with Crippen LogP contribution in [0.5, 0.6) is 5.75 Å². The van der Waals surface area contributed by atoms with Crippen molar-refractivity contribution in [2.75, 3.05) is 6.54 Å². The number of aromatic nitrogens is 2. The Hall–Kier alpha value is -4.50. The van der Waals surface area contributed by atoms with E-state index >= 15 is 0 Å². The van der Waals surface area contributed by atoms with Gasteiger partial charge in [-0.25, -0.2) is 9.78 Å². The highest BCUT2D eigenvalue weighted by atomic mass is 16.4. The van der Waals surface area contributed by atoms with Crippen LogP contribution in [0.2, 0.25) is 0 Å². The third kappa shape index (κ3) is 11.6. The molecule has 1 aromatic heterocycles. The summed E-state index contributed by atoms with van der Waals surface area (Å²) in [4.78, 5) is 68.8. The summed E-state index contributed by atoms with van der Waals surface area (Å²) in [6.07, 6.45) is 3.30. The van der Waals surface area contributed by atoms with Crippen molar-refractivity contribution in [1.29, 1.82) is 0 Å². The lowest BCUT2D eigenvalue weighted by molar-refractivity contribution is -0.143. The minimum Gasteiger partial charge on any atom is -0.508 e. The van der Waals surface area contributed by atoms with E-state index in [9.17, 15) is 34.2 Å². The van der Waals surface area contributed by atoms with Gasteiger partial charge >= 0.3 is 11.9 Å². The summed E-state index contributed by atoms with van der Waals surface area (Å²) in [5.41, 5.74) is 12.7. The van der Waals surface area contributed by atoms with Gasteiger partial charge in [0.1, 0.15) is 23.9 Å². The van der Waals surface area contributed by atoms with Crippen LogP contribution in [0, 0.1) is 0 Å². The number of phenols is 1. The quantitative estimate of drug-likeness (QED) is 0.0949. The van der Waals surface area contributed by atoms with Gasteiger partial charge in [-0.3, -0.25) is 19.2 Å². The second-order valence-corrected chi connectivity index (χ2v) is 9.50. The van der Waals surface area contributed by atoms with Crippen molar-refractivity contribution in [1.82, 2.24) is 25.9 Å². The summed E-state index contributed by atoms with van der Waals surface area (Å²) in [5.74, 6) is -4.90. The second kappa shape index (κ2) is 16.6.